The molecule has 0 saturated carbocycles. The van der Waals surface area contributed by atoms with Crippen LogP contribution in [-0.2, 0) is 4.74 Å². The zero-order valence-corrected chi connectivity index (χ0v) is 8.38. The van der Waals surface area contributed by atoms with Crippen molar-refractivity contribution in [3.63, 3.8) is 0 Å². The third kappa shape index (κ3) is 9.70. The van der Waals surface area contributed by atoms with E-state index in [1.165, 1.54) is 25.7 Å². The van der Waals surface area contributed by atoms with Crippen LogP contribution in [0.15, 0.2) is 12.2 Å². The number of rotatable bonds is 8. The molecule has 0 aromatic heterocycles. The van der Waals surface area contributed by atoms with Gasteiger partial charge in [0, 0.05) is 6.61 Å². The lowest BCUT2D eigenvalue weighted by atomic mass is 10.2. The van der Waals surface area contributed by atoms with E-state index in [0.29, 0.717) is 0 Å². The van der Waals surface area contributed by atoms with Gasteiger partial charge in [0.25, 0.3) is 0 Å². The lowest BCUT2D eigenvalue weighted by Crippen LogP contribution is -1.90. The Morgan fingerprint density at radius 1 is 1.17 bits per heavy atom. The molecule has 0 fully saturated rings. The Labute approximate surface area is 76.8 Å². The molecule has 12 heavy (non-hydrogen) atoms. The van der Waals surface area contributed by atoms with Gasteiger partial charge in [0.1, 0.15) is 0 Å². The molecular weight excluding hydrogens is 148 g/mol. The highest BCUT2D eigenvalue weighted by Gasteiger charge is 1.88. The normalized spacial score (nSPS) is 11.2. The lowest BCUT2D eigenvalue weighted by molar-refractivity contribution is 0.188. The number of hydrogen-bond donors (Lipinski definition) is 0. The van der Waals surface area contributed by atoms with E-state index in [9.17, 15) is 0 Å². The van der Waals surface area contributed by atoms with Crippen molar-refractivity contribution in [2.24, 2.45) is 0 Å². The Morgan fingerprint density at radius 2 is 2.00 bits per heavy atom. The second-order valence-electron chi connectivity index (χ2n) is 2.86. The first-order valence-corrected chi connectivity index (χ1v) is 4.96. The standard InChI is InChI=1S/C11H21O/c1-3-5-6-7-8-9-11-12-10-4-2/h3,5,10H,4,6-9,11H2,1-2H3. The highest BCUT2D eigenvalue weighted by molar-refractivity contribution is 4.76. The number of hydrogen-bond acceptors (Lipinski definition) is 1. The van der Waals surface area contributed by atoms with Gasteiger partial charge in [0.2, 0.25) is 0 Å². The highest BCUT2D eigenvalue weighted by atomic mass is 16.5. The summed E-state index contributed by atoms with van der Waals surface area (Å²) in [5.41, 5.74) is 0. The summed E-state index contributed by atoms with van der Waals surface area (Å²) in [7, 11) is 0. The predicted molar refractivity (Wildman–Crippen MR) is 53.8 cm³/mol. The van der Waals surface area contributed by atoms with Gasteiger partial charge < -0.3 is 4.74 Å². The first-order valence-electron chi connectivity index (χ1n) is 4.96. The van der Waals surface area contributed by atoms with Crippen LogP contribution < -0.4 is 0 Å². The van der Waals surface area contributed by atoms with E-state index in [1.807, 2.05) is 6.61 Å². The van der Waals surface area contributed by atoms with Gasteiger partial charge >= 0.3 is 0 Å². The molecule has 0 amide bonds. The van der Waals surface area contributed by atoms with Gasteiger partial charge in [0.15, 0.2) is 0 Å². The Bertz CT molecular complexity index is 97.2. The Kier molecular flexibility index (Phi) is 10.4. The molecule has 0 aromatic rings. The van der Waals surface area contributed by atoms with E-state index in [-0.39, 0.29) is 0 Å². The van der Waals surface area contributed by atoms with Crippen molar-refractivity contribution in [3.8, 4) is 0 Å². The summed E-state index contributed by atoms with van der Waals surface area (Å²) >= 11 is 0. The summed E-state index contributed by atoms with van der Waals surface area (Å²) in [4.78, 5) is 0. The van der Waals surface area contributed by atoms with Gasteiger partial charge in [-0.1, -0.05) is 25.5 Å². The molecule has 0 rings (SSSR count). The molecule has 0 aliphatic rings. The van der Waals surface area contributed by atoms with Crippen LogP contribution in [0.2, 0.25) is 0 Å². The number of unbranched alkanes of at least 4 members (excludes halogenated alkanes) is 3. The summed E-state index contributed by atoms with van der Waals surface area (Å²) in [6, 6.07) is 0. The van der Waals surface area contributed by atoms with Gasteiger partial charge in [-0.15, -0.1) is 0 Å². The largest absolute Gasteiger partial charge is 0.376 e. The SMILES string of the molecule is CC=CCCCCCO[CH]CC. The summed E-state index contributed by atoms with van der Waals surface area (Å²) in [5.74, 6) is 0. The number of ether oxygens (including phenoxy) is 1. The zero-order valence-electron chi connectivity index (χ0n) is 8.38. The molecule has 0 aliphatic heterocycles. The van der Waals surface area contributed by atoms with Crippen LogP contribution in [0.5, 0.6) is 0 Å². The molecule has 71 valence electrons. The second-order valence-corrected chi connectivity index (χ2v) is 2.86. The fourth-order valence-electron chi connectivity index (χ4n) is 0.992. The number of allylic oxidation sites excluding steroid dienone is 2. The van der Waals surface area contributed by atoms with Crippen molar-refractivity contribution in [2.45, 2.75) is 46.0 Å². The van der Waals surface area contributed by atoms with Crippen LogP contribution in [0.1, 0.15) is 46.0 Å². The van der Waals surface area contributed by atoms with Crippen molar-refractivity contribution in [1.29, 1.82) is 0 Å². The minimum absolute atomic E-state index is 0.893. The van der Waals surface area contributed by atoms with Crippen LogP contribution in [0, 0.1) is 6.61 Å². The van der Waals surface area contributed by atoms with E-state index in [0.717, 1.165) is 13.0 Å². The summed E-state index contributed by atoms with van der Waals surface area (Å²) < 4.78 is 5.25. The Balaban J connectivity index is 2.81. The quantitative estimate of drug-likeness (QED) is 0.397. The van der Waals surface area contributed by atoms with E-state index in [4.69, 9.17) is 4.74 Å². The zero-order chi connectivity index (χ0) is 9.07. The van der Waals surface area contributed by atoms with Crippen LogP contribution in [-0.4, -0.2) is 6.61 Å². The van der Waals surface area contributed by atoms with E-state index in [1.54, 1.807) is 0 Å². The van der Waals surface area contributed by atoms with Gasteiger partial charge in [0.05, 0.1) is 6.61 Å². The van der Waals surface area contributed by atoms with Gasteiger partial charge in [-0.05, 0) is 32.6 Å². The highest BCUT2D eigenvalue weighted by Crippen LogP contribution is 2.01. The maximum absolute atomic E-state index is 5.25. The topological polar surface area (TPSA) is 9.23 Å². The molecule has 0 bridgehead atoms. The van der Waals surface area contributed by atoms with Crippen molar-refractivity contribution in [3.05, 3.63) is 18.8 Å². The van der Waals surface area contributed by atoms with Crippen LogP contribution >= 0.6 is 0 Å². The summed E-state index contributed by atoms with van der Waals surface area (Å²) in [6.07, 6.45) is 10.3. The fraction of sp³-hybridized carbons (Fsp3) is 0.727. The average Bonchev–Trinajstić information content (AvgIpc) is 2.10. The average molecular weight is 169 g/mol. The van der Waals surface area contributed by atoms with Crippen LogP contribution in [0.3, 0.4) is 0 Å². The summed E-state index contributed by atoms with van der Waals surface area (Å²) in [6.45, 7) is 6.93. The van der Waals surface area contributed by atoms with Gasteiger partial charge in [-0.25, -0.2) is 0 Å². The minimum Gasteiger partial charge on any atom is -0.376 e. The van der Waals surface area contributed by atoms with E-state index in [2.05, 4.69) is 26.0 Å². The summed E-state index contributed by atoms with van der Waals surface area (Å²) in [5, 5.41) is 0. The first kappa shape index (κ1) is 11.7. The van der Waals surface area contributed by atoms with Crippen LogP contribution in [0.4, 0.5) is 0 Å². The van der Waals surface area contributed by atoms with Gasteiger partial charge in [-0.3, -0.25) is 0 Å². The molecule has 0 atom stereocenters. The Hall–Kier alpha value is -0.300. The van der Waals surface area contributed by atoms with Gasteiger partial charge in [-0.2, -0.15) is 0 Å². The third-order valence-corrected chi connectivity index (χ3v) is 1.65. The fourth-order valence-corrected chi connectivity index (χ4v) is 0.992. The molecule has 0 aliphatic carbocycles. The molecular formula is C11H21O. The van der Waals surface area contributed by atoms with Crippen LogP contribution in [0.25, 0.3) is 0 Å². The third-order valence-electron chi connectivity index (χ3n) is 1.65. The minimum atomic E-state index is 0.893. The van der Waals surface area contributed by atoms with Crippen molar-refractivity contribution >= 4 is 0 Å². The van der Waals surface area contributed by atoms with E-state index >= 15 is 0 Å². The Morgan fingerprint density at radius 3 is 2.67 bits per heavy atom. The molecule has 1 radical (unpaired) electrons. The molecule has 0 heterocycles. The molecule has 0 saturated heterocycles. The molecule has 0 aromatic carbocycles. The lowest BCUT2D eigenvalue weighted by Gasteiger charge is -2.00. The monoisotopic (exact) mass is 169 g/mol. The molecule has 1 heteroatoms. The first-order chi connectivity index (χ1) is 5.91. The predicted octanol–water partition coefficient (Wildman–Crippen LogP) is 3.71. The van der Waals surface area contributed by atoms with Crippen molar-refractivity contribution in [2.75, 3.05) is 6.61 Å². The molecule has 0 spiro atoms. The molecule has 0 unspecified atom stereocenters. The molecule has 0 N–H and O–H groups in total. The smallest absolute Gasteiger partial charge is 0.0833 e. The van der Waals surface area contributed by atoms with Crippen molar-refractivity contribution in [1.82, 2.24) is 0 Å². The second kappa shape index (κ2) is 10.7. The maximum atomic E-state index is 5.25. The maximum Gasteiger partial charge on any atom is 0.0833 e. The van der Waals surface area contributed by atoms with E-state index < -0.39 is 0 Å². The van der Waals surface area contributed by atoms with Crippen molar-refractivity contribution < 1.29 is 4.74 Å². The molecule has 1 nitrogen and oxygen atoms in total.